The van der Waals surface area contributed by atoms with Crippen LogP contribution in [0.2, 0.25) is 0 Å². The molecule has 0 saturated carbocycles. The first-order valence-electron chi connectivity index (χ1n) is 8.79. The summed E-state index contributed by atoms with van der Waals surface area (Å²) in [5.74, 6) is 0. The lowest BCUT2D eigenvalue weighted by atomic mass is 10.1. The number of thiocarbonyl (C=S) groups is 1. The molecule has 3 aromatic carbocycles. The van der Waals surface area contributed by atoms with E-state index in [2.05, 4.69) is 78.9 Å². The van der Waals surface area contributed by atoms with E-state index in [-0.39, 0.29) is 0 Å². The van der Waals surface area contributed by atoms with Crippen molar-refractivity contribution in [1.29, 1.82) is 0 Å². The zero-order chi connectivity index (χ0) is 18.5. The second-order valence-corrected chi connectivity index (χ2v) is 9.07. The van der Waals surface area contributed by atoms with Crippen LogP contribution < -0.4 is 0 Å². The summed E-state index contributed by atoms with van der Waals surface area (Å²) in [5.41, 5.74) is 3.70. The lowest BCUT2D eigenvalue weighted by Gasteiger charge is -2.05. The third-order valence-corrected chi connectivity index (χ3v) is 7.13. The number of rotatable bonds is 5. The third-order valence-electron chi connectivity index (χ3n) is 4.23. The number of thioether (sulfide) groups is 2. The van der Waals surface area contributed by atoms with Gasteiger partial charge in [-0.15, -0.1) is 0 Å². The van der Waals surface area contributed by atoms with Gasteiger partial charge in [-0.2, -0.15) is 0 Å². The minimum Gasteiger partial charge on any atom is -0.0856 e. The van der Waals surface area contributed by atoms with Crippen LogP contribution in [0.15, 0.2) is 106 Å². The van der Waals surface area contributed by atoms with Crippen LogP contribution in [0.4, 0.5) is 0 Å². The summed E-state index contributed by atoms with van der Waals surface area (Å²) in [7, 11) is 0. The molecular formula is C24H18S3. The van der Waals surface area contributed by atoms with Crippen LogP contribution in [0.5, 0.6) is 0 Å². The Balaban J connectivity index is 1.63. The van der Waals surface area contributed by atoms with Crippen LogP contribution in [0.1, 0.15) is 16.7 Å². The maximum Gasteiger partial charge on any atom is 0.0511 e. The molecule has 1 aliphatic heterocycles. The first-order chi connectivity index (χ1) is 13.3. The Hall–Kier alpha value is -2.07. The van der Waals surface area contributed by atoms with E-state index in [9.17, 15) is 0 Å². The summed E-state index contributed by atoms with van der Waals surface area (Å²) in [6.07, 6.45) is 3.08. The Morgan fingerprint density at radius 2 is 1.33 bits per heavy atom. The maximum atomic E-state index is 5.66. The number of hydrogen-bond donors (Lipinski definition) is 0. The molecule has 3 aromatic rings. The van der Waals surface area contributed by atoms with E-state index in [0.29, 0.717) is 0 Å². The van der Waals surface area contributed by atoms with Gasteiger partial charge < -0.3 is 0 Å². The van der Waals surface area contributed by atoms with Crippen molar-refractivity contribution in [2.45, 2.75) is 6.42 Å². The molecule has 0 radical (unpaired) electrons. The topological polar surface area (TPSA) is 0 Å². The molecule has 0 bridgehead atoms. The second kappa shape index (κ2) is 8.75. The quantitative estimate of drug-likeness (QED) is 0.249. The highest BCUT2D eigenvalue weighted by molar-refractivity contribution is 8.31. The molecule has 0 nitrogen and oxygen atoms in total. The van der Waals surface area contributed by atoms with Gasteiger partial charge in [-0.3, -0.25) is 0 Å². The van der Waals surface area contributed by atoms with Gasteiger partial charge in [0.05, 0.1) is 4.24 Å². The van der Waals surface area contributed by atoms with Crippen molar-refractivity contribution in [2.75, 3.05) is 0 Å². The predicted octanol–water partition coefficient (Wildman–Crippen LogP) is 7.34. The molecule has 4 rings (SSSR count). The van der Waals surface area contributed by atoms with Crippen LogP contribution >= 0.6 is 35.7 Å². The first-order valence-corrected chi connectivity index (χ1v) is 10.8. The zero-order valence-corrected chi connectivity index (χ0v) is 17.1. The van der Waals surface area contributed by atoms with Crippen molar-refractivity contribution in [3.63, 3.8) is 0 Å². The first kappa shape index (κ1) is 18.3. The van der Waals surface area contributed by atoms with Gasteiger partial charge in [0.1, 0.15) is 0 Å². The Bertz CT molecular complexity index is 988. The van der Waals surface area contributed by atoms with Crippen molar-refractivity contribution in [3.05, 3.63) is 123 Å². The van der Waals surface area contributed by atoms with Crippen LogP contribution in [0, 0.1) is 0 Å². The lowest BCUT2D eigenvalue weighted by Crippen LogP contribution is -1.91. The lowest BCUT2D eigenvalue weighted by molar-refractivity contribution is 1.26. The molecule has 0 spiro atoms. The summed E-state index contributed by atoms with van der Waals surface area (Å²) < 4.78 is 1.24. The average molecular weight is 403 g/mol. The van der Waals surface area contributed by atoms with E-state index < -0.39 is 0 Å². The molecule has 3 heteroatoms. The van der Waals surface area contributed by atoms with Gasteiger partial charge in [-0.05, 0) is 22.8 Å². The van der Waals surface area contributed by atoms with E-state index in [1.165, 1.54) is 25.2 Å². The van der Waals surface area contributed by atoms with Crippen LogP contribution in [0.25, 0.3) is 4.91 Å². The summed E-state index contributed by atoms with van der Waals surface area (Å²) in [5, 5.41) is 0. The van der Waals surface area contributed by atoms with E-state index in [1.54, 1.807) is 0 Å². The number of benzene rings is 3. The number of allylic oxidation sites excluding steroid dienone is 2. The van der Waals surface area contributed by atoms with Crippen LogP contribution in [0.3, 0.4) is 0 Å². The van der Waals surface area contributed by atoms with Crippen molar-refractivity contribution < 1.29 is 0 Å². The molecule has 27 heavy (non-hydrogen) atoms. The van der Waals surface area contributed by atoms with Crippen molar-refractivity contribution in [1.82, 2.24) is 0 Å². The van der Waals surface area contributed by atoms with Gasteiger partial charge in [0.15, 0.2) is 0 Å². The molecule has 0 aliphatic carbocycles. The standard InChI is InChI=1S/C24H18S3/c25-21(19-12-6-2-7-13-19)17-23-26-22(16-18-10-4-1-5-11-18)24(27-23)20-14-8-3-9-15-20/h1-15,17H,16H2/b23-17+. The molecule has 0 N–H and O–H groups in total. The predicted molar refractivity (Wildman–Crippen MR) is 125 cm³/mol. The SMILES string of the molecule is S=C(/C=C1\SC(Cc2ccccc2)=C(c2ccccc2)S1)c1ccccc1. The summed E-state index contributed by atoms with van der Waals surface area (Å²) in [6.45, 7) is 0. The molecule has 0 atom stereocenters. The van der Waals surface area contributed by atoms with Crippen LogP contribution in [-0.2, 0) is 6.42 Å². The van der Waals surface area contributed by atoms with E-state index in [4.69, 9.17) is 12.2 Å². The molecular weight excluding hydrogens is 384 g/mol. The summed E-state index contributed by atoms with van der Waals surface area (Å²) in [6, 6.07) is 31.5. The molecule has 1 heterocycles. The molecule has 0 amide bonds. The largest absolute Gasteiger partial charge is 0.0856 e. The van der Waals surface area contributed by atoms with Crippen molar-refractivity contribution >= 4 is 45.5 Å². The highest BCUT2D eigenvalue weighted by Gasteiger charge is 2.22. The normalized spacial score (nSPS) is 15.3. The van der Waals surface area contributed by atoms with Crippen molar-refractivity contribution in [2.24, 2.45) is 0 Å². The molecule has 1 aliphatic rings. The molecule has 0 saturated heterocycles. The molecule has 0 unspecified atom stereocenters. The van der Waals surface area contributed by atoms with E-state index in [0.717, 1.165) is 16.8 Å². The Labute approximate surface area is 174 Å². The molecule has 0 aromatic heterocycles. The van der Waals surface area contributed by atoms with Crippen LogP contribution in [-0.4, -0.2) is 4.86 Å². The van der Waals surface area contributed by atoms with E-state index in [1.807, 2.05) is 41.7 Å². The average Bonchev–Trinajstić information content (AvgIpc) is 3.12. The number of hydrogen-bond acceptors (Lipinski definition) is 3. The molecule has 0 fully saturated rings. The van der Waals surface area contributed by atoms with Gasteiger partial charge in [0, 0.05) is 21.1 Å². The third kappa shape index (κ3) is 4.62. The Morgan fingerprint density at radius 3 is 2.00 bits per heavy atom. The van der Waals surface area contributed by atoms with Crippen molar-refractivity contribution in [3.8, 4) is 0 Å². The van der Waals surface area contributed by atoms with Gasteiger partial charge in [-0.25, -0.2) is 0 Å². The molecule has 132 valence electrons. The Kier molecular flexibility index (Phi) is 5.93. The second-order valence-electron chi connectivity index (χ2n) is 6.18. The smallest absolute Gasteiger partial charge is 0.0511 e. The summed E-state index contributed by atoms with van der Waals surface area (Å²) in [4.78, 5) is 3.62. The maximum absolute atomic E-state index is 5.66. The minimum absolute atomic E-state index is 0.888. The fraction of sp³-hybridized carbons (Fsp3) is 0.0417. The summed E-state index contributed by atoms with van der Waals surface area (Å²) >= 11 is 9.34. The minimum atomic E-state index is 0.888. The fourth-order valence-corrected chi connectivity index (χ4v) is 5.96. The van der Waals surface area contributed by atoms with Gasteiger partial charge in [0.25, 0.3) is 0 Å². The zero-order valence-electron chi connectivity index (χ0n) is 14.7. The highest BCUT2D eigenvalue weighted by Crippen LogP contribution is 2.54. The highest BCUT2D eigenvalue weighted by atomic mass is 32.2. The van der Waals surface area contributed by atoms with Gasteiger partial charge >= 0.3 is 0 Å². The van der Waals surface area contributed by atoms with Gasteiger partial charge in [0.2, 0.25) is 0 Å². The van der Waals surface area contributed by atoms with Gasteiger partial charge in [-0.1, -0.05) is 127 Å². The van der Waals surface area contributed by atoms with E-state index >= 15 is 0 Å². The fourth-order valence-electron chi connectivity index (χ4n) is 2.90. The monoisotopic (exact) mass is 402 g/mol. The Morgan fingerprint density at radius 1 is 0.741 bits per heavy atom.